The minimum absolute atomic E-state index is 0.00649. The maximum Gasteiger partial charge on any atom is 0.258 e. The highest BCUT2D eigenvalue weighted by atomic mass is 32.2. The Hall–Kier alpha value is -3.25. The Kier molecular flexibility index (Phi) is 3.13. The van der Waals surface area contributed by atoms with E-state index in [2.05, 4.69) is 20.6 Å². The first kappa shape index (κ1) is 15.3. The van der Waals surface area contributed by atoms with Crippen molar-refractivity contribution >= 4 is 29.2 Å². The fourth-order valence-electron chi connectivity index (χ4n) is 3.40. The quantitative estimate of drug-likeness (QED) is 0.441. The topological polar surface area (TPSA) is 137 Å². The number of nitrogens with two attached hydrogens (primary N) is 1. The molecule has 0 bridgehead atoms. The van der Waals surface area contributed by atoms with Crippen LogP contribution < -0.4 is 21.9 Å². The number of carbonyl (C=O) groups is 1. The van der Waals surface area contributed by atoms with Crippen LogP contribution in [0.3, 0.4) is 0 Å². The van der Waals surface area contributed by atoms with Gasteiger partial charge in [-0.3, -0.25) is 9.59 Å². The molecule has 0 fully saturated rings. The predicted octanol–water partition coefficient (Wildman–Crippen LogP) is 0.849. The smallest absolute Gasteiger partial charge is 0.258 e. The zero-order valence-corrected chi connectivity index (χ0v) is 13.8. The van der Waals surface area contributed by atoms with E-state index in [4.69, 9.17) is 5.73 Å². The van der Waals surface area contributed by atoms with E-state index in [9.17, 15) is 14.9 Å². The molecule has 9 heteroatoms. The Balaban J connectivity index is 2.18. The number of nitrogens with zero attached hydrogens (tertiary/aromatic N) is 2. The van der Waals surface area contributed by atoms with Gasteiger partial charge in [0, 0.05) is 11.3 Å². The molecule has 0 saturated carbocycles. The van der Waals surface area contributed by atoms with Crippen molar-refractivity contribution in [3.05, 3.63) is 57.1 Å². The molecule has 1 unspecified atom stereocenters. The van der Waals surface area contributed by atoms with E-state index in [1.54, 1.807) is 30.5 Å². The third-order valence-electron chi connectivity index (χ3n) is 4.40. The van der Waals surface area contributed by atoms with Gasteiger partial charge in [-0.25, -0.2) is 4.98 Å². The average Bonchev–Trinajstić information content (AvgIpc) is 2.87. The van der Waals surface area contributed by atoms with Gasteiger partial charge >= 0.3 is 0 Å². The standard InChI is InChI=1S/C16H12N6O2S/c1-25-15-21-12-10(13(23)22-15)16(8(6-17)11(18)20-12)7-4-2-3-5-9(7)19-14(16)24/h2-5H,18H2,1H3,(H,19,24)(H2,20,21,22,23). The highest BCUT2D eigenvalue weighted by molar-refractivity contribution is 7.98. The van der Waals surface area contributed by atoms with E-state index in [0.717, 1.165) is 0 Å². The molecule has 2 aliphatic rings. The summed E-state index contributed by atoms with van der Waals surface area (Å²) in [6.45, 7) is 0. The first-order chi connectivity index (χ1) is 12.0. The van der Waals surface area contributed by atoms with E-state index in [1.807, 2.05) is 6.07 Å². The first-order valence-corrected chi connectivity index (χ1v) is 8.53. The number of aromatic amines is 1. The molecule has 5 N–H and O–H groups in total. The van der Waals surface area contributed by atoms with Crippen molar-refractivity contribution in [2.24, 2.45) is 5.73 Å². The number of aromatic nitrogens is 2. The number of thioether (sulfide) groups is 1. The lowest BCUT2D eigenvalue weighted by molar-refractivity contribution is -0.118. The van der Waals surface area contributed by atoms with Gasteiger partial charge in [-0.05, 0) is 12.3 Å². The monoisotopic (exact) mass is 352 g/mol. The molecule has 0 saturated heterocycles. The lowest BCUT2D eigenvalue weighted by atomic mass is 9.69. The summed E-state index contributed by atoms with van der Waals surface area (Å²) in [6, 6.07) is 8.92. The third kappa shape index (κ3) is 1.79. The van der Waals surface area contributed by atoms with Gasteiger partial charge in [-0.15, -0.1) is 0 Å². The normalized spacial score (nSPS) is 20.6. The molecule has 3 heterocycles. The van der Waals surface area contributed by atoms with Crippen LogP contribution in [-0.4, -0.2) is 22.1 Å². The number of nitrogens with one attached hydrogen (secondary N) is 3. The third-order valence-corrected chi connectivity index (χ3v) is 4.98. The minimum atomic E-state index is -1.62. The van der Waals surface area contributed by atoms with Crippen molar-refractivity contribution in [2.45, 2.75) is 10.6 Å². The van der Waals surface area contributed by atoms with E-state index >= 15 is 0 Å². The number of H-pyrrole nitrogens is 1. The van der Waals surface area contributed by atoms with Crippen LogP contribution in [0.15, 0.2) is 45.6 Å². The summed E-state index contributed by atoms with van der Waals surface area (Å²) in [4.78, 5) is 32.8. The molecule has 124 valence electrons. The fraction of sp³-hybridized carbons (Fsp3) is 0.125. The van der Waals surface area contributed by atoms with Crippen molar-refractivity contribution in [3.8, 4) is 6.07 Å². The Morgan fingerprint density at radius 1 is 1.28 bits per heavy atom. The molecule has 0 aliphatic carbocycles. The maximum absolute atomic E-state index is 13.0. The summed E-state index contributed by atoms with van der Waals surface area (Å²) >= 11 is 1.25. The number of rotatable bonds is 1. The minimum Gasteiger partial charge on any atom is -0.384 e. The molecule has 1 aromatic carbocycles. The Morgan fingerprint density at radius 3 is 2.76 bits per heavy atom. The second kappa shape index (κ2) is 5.12. The second-order valence-electron chi connectivity index (χ2n) is 5.57. The number of carbonyl (C=O) groups excluding carboxylic acids is 1. The van der Waals surface area contributed by atoms with Gasteiger partial charge in [-0.2, -0.15) is 5.26 Å². The molecule has 4 rings (SSSR count). The van der Waals surface area contributed by atoms with Crippen LogP contribution in [0.25, 0.3) is 0 Å². The van der Waals surface area contributed by atoms with Crippen molar-refractivity contribution in [3.63, 3.8) is 0 Å². The van der Waals surface area contributed by atoms with E-state index in [1.165, 1.54) is 11.8 Å². The summed E-state index contributed by atoms with van der Waals surface area (Å²) in [5.41, 5.74) is 5.01. The second-order valence-corrected chi connectivity index (χ2v) is 6.37. The van der Waals surface area contributed by atoms with Gasteiger partial charge < -0.3 is 21.4 Å². The van der Waals surface area contributed by atoms with Crippen molar-refractivity contribution in [1.82, 2.24) is 9.97 Å². The van der Waals surface area contributed by atoms with Gasteiger partial charge in [0.25, 0.3) is 5.56 Å². The van der Waals surface area contributed by atoms with Gasteiger partial charge in [-0.1, -0.05) is 30.0 Å². The summed E-state index contributed by atoms with van der Waals surface area (Å²) in [5.74, 6) is -0.316. The summed E-state index contributed by atoms with van der Waals surface area (Å²) in [7, 11) is 0. The Bertz CT molecular complexity index is 1070. The Morgan fingerprint density at radius 2 is 2.04 bits per heavy atom. The molecule has 2 aromatic rings. The van der Waals surface area contributed by atoms with Gasteiger partial charge in [0.15, 0.2) is 5.16 Å². The summed E-state index contributed by atoms with van der Waals surface area (Å²) < 4.78 is 0. The lowest BCUT2D eigenvalue weighted by Crippen LogP contribution is -2.47. The van der Waals surface area contributed by atoms with Crippen LogP contribution in [0, 0.1) is 11.3 Å². The maximum atomic E-state index is 13.0. The number of hydrogen-bond acceptors (Lipinski definition) is 7. The molecular formula is C16H12N6O2S. The number of benzene rings is 1. The number of anilines is 2. The SMILES string of the molecule is CSc1nc2c(c(=O)[nH]1)C1(C(=O)Nc3ccccc31)C(C#N)=C(N)N2. The number of hydrogen-bond donors (Lipinski definition) is 4. The van der Waals surface area contributed by atoms with Crippen molar-refractivity contribution in [1.29, 1.82) is 5.26 Å². The largest absolute Gasteiger partial charge is 0.384 e. The molecule has 1 aromatic heterocycles. The predicted molar refractivity (Wildman–Crippen MR) is 92.9 cm³/mol. The molecular weight excluding hydrogens is 340 g/mol. The Labute approximate surface area is 146 Å². The first-order valence-electron chi connectivity index (χ1n) is 7.31. The van der Waals surface area contributed by atoms with Crippen LogP contribution >= 0.6 is 11.8 Å². The van der Waals surface area contributed by atoms with Gasteiger partial charge in [0.05, 0.1) is 11.1 Å². The van der Waals surface area contributed by atoms with Gasteiger partial charge in [0.2, 0.25) is 5.91 Å². The number of nitriles is 1. The van der Waals surface area contributed by atoms with Crippen molar-refractivity contribution < 1.29 is 4.79 Å². The van der Waals surface area contributed by atoms with Crippen LogP contribution in [0.4, 0.5) is 11.5 Å². The molecule has 1 atom stereocenters. The summed E-state index contributed by atoms with van der Waals surface area (Å²) in [5, 5.41) is 15.6. The van der Waals surface area contributed by atoms with Crippen LogP contribution in [-0.2, 0) is 10.2 Å². The molecule has 2 aliphatic heterocycles. The number of amides is 1. The van der Waals surface area contributed by atoms with Crippen LogP contribution in [0.5, 0.6) is 0 Å². The fourth-order valence-corrected chi connectivity index (χ4v) is 3.78. The highest BCUT2D eigenvalue weighted by Gasteiger charge is 2.57. The molecule has 8 nitrogen and oxygen atoms in total. The van der Waals surface area contributed by atoms with E-state index in [-0.39, 0.29) is 22.8 Å². The summed E-state index contributed by atoms with van der Waals surface area (Å²) in [6.07, 6.45) is 1.76. The molecule has 0 radical (unpaired) electrons. The van der Waals surface area contributed by atoms with E-state index in [0.29, 0.717) is 16.4 Å². The van der Waals surface area contributed by atoms with Crippen LogP contribution in [0.1, 0.15) is 11.1 Å². The van der Waals surface area contributed by atoms with Crippen LogP contribution in [0.2, 0.25) is 0 Å². The average molecular weight is 352 g/mol. The van der Waals surface area contributed by atoms with E-state index < -0.39 is 16.9 Å². The highest BCUT2D eigenvalue weighted by Crippen LogP contribution is 2.50. The number of para-hydroxylation sites is 1. The zero-order valence-electron chi connectivity index (χ0n) is 13.0. The van der Waals surface area contributed by atoms with Gasteiger partial charge in [0.1, 0.15) is 23.1 Å². The molecule has 1 spiro atoms. The lowest BCUT2D eigenvalue weighted by Gasteiger charge is -2.33. The molecule has 1 amide bonds. The number of fused-ring (bicyclic) bond motifs is 4. The van der Waals surface area contributed by atoms with Crippen molar-refractivity contribution in [2.75, 3.05) is 16.9 Å². The molecule has 25 heavy (non-hydrogen) atoms. The zero-order chi connectivity index (χ0) is 17.8.